The van der Waals surface area contributed by atoms with Gasteiger partial charge in [-0.05, 0) is 31.2 Å². The fraction of sp³-hybridized carbons (Fsp3) is 0.438. The third-order valence-corrected chi connectivity index (χ3v) is 6.38. The molecule has 13 heteroatoms. The maximum absolute atomic E-state index is 13.7. The highest BCUT2D eigenvalue weighted by Crippen LogP contribution is 2.33. The maximum atomic E-state index is 13.7. The molecule has 0 N–H and O–H groups in total. The molecule has 1 saturated heterocycles. The predicted octanol–water partition coefficient (Wildman–Crippen LogP) is 1.53. The fourth-order valence-corrected chi connectivity index (χ4v) is 4.03. The van der Waals surface area contributed by atoms with Gasteiger partial charge in [-0.2, -0.15) is 17.5 Å². The molecule has 0 unspecified atom stereocenters. The van der Waals surface area contributed by atoms with Crippen LogP contribution in [0.5, 0.6) is 0 Å². The van der Waals surface area contributed by atoms with E-state index in [0.29, 0.717) is 4.68 Å². The molecule has 0 bridgehead atoms. The summed E-state index contributed by atoms with van der Waals surface area (Å²) in [5.41, 5.74) is -2.38. The smallest absolute Gasteiger partial charge is 0.335 e. The van der Waals surface area contributed by atoms with Crippen molar-refractivity contribution in [2.24, 2.45) is 0 Å². The second kappa shape index (κ2) is 7.71. The van der Waals surface area contributed by atoms with Crippen LogP contribution in [0, 0.1) is 5.82 Å². The topological polar surface area (TPSA) is 88.4 Å². The minimum atomic E-state index is -4.95. The van der Waals surface area contributed by atoms with E-state index in [2.05, 4.69) is 10.3 Å². The molecule has 1 aromatic carbocycles. The van der Waals surface area contributed by atoms with Crippen LogP contribution >= 0.6 is 0 Å². The summed E-state index contributed by atoms with van der Waals surface area (Å²) in [7, 11) is -3.45. The average molecular weight is 435 g/mol. The van der Waals surface area contributed by atoms with Crippen molar-refractivity contribution in [2.45, 2.75) is 13.1 Å². The SMILES string of the molecule is CCS(=O)(=O)N1CCN(C(=O)c2nnn(-c3ccc(F)cc3)c2C(F)(F)F)CC1. The number of hydrogen-bond donors (Lipinski definition) is 0. The van der Waals surface area contributed by atoms with Crippen LogP contribution in [0.2, 0.25) is 0 Å². The first-order chi connectivity index (χ1) is 13.5. The summed E-state index contributed by atoms with van der Waals surface area (Å²) in [6, 6.07) is 4.10. The van der Waals surface area contributed by atoms with Gasteiger partial charge in [0.15, 0.2) is 11.4 Å². The van der Waals surface area contributed by atoms with Crippen LogP contribution in [-0.4, -0.2) is 70.5 Å². The fourth-order valence-electron chi connectivity index (χ4n) is 2.94. The minimum Gasteiger partial charge on any atom is -0.335 e. The number of carbonyl (C=O) groups excluding carboxylic acids is 1. The molecule has 0 saturated carbocycles. The molecular formula is C16H17F4N5O3S. The highest BCUT2D eigenvalue weighted by molar-refractivity contribution is 7.89. The van der Waals surface area contributed by atoms with Crippen molar-refractivity contribution in [3.8, 4) is 5.69 Å². The van der Waals surface area contributed by atoms with Gasteiger partial charge in [0.05, 0.1) is 11.4 Å². The first kappa shape index (κ1) is 21.2. The largest absolute Gasteiger partial charge is 0.435 e. The standard InChI is InChI=1S/C16H17F4N5O3S/c1-2-29(27,28)24-9-7-23(8-10-24)15(26)13-14(16(18,19)20)25(22-21-13)12-5-3-11(17)4-6-12/h3-6H,2,7-10H2,1H3. The zero-order valence-corrected chi connectivity index (χ0v) is 16.0. The number of nitrogens with zero attached hydrogens (tertiary/aromatic N) is 5. The number of amides is 1. The first-order valence-corrected chi connectivity index (χ1v) is 10.2. The van der Waals surface area contributed by atoms with Gasteiger partial charge in [-0.15, -0.1) is 5.10 Å². The van der Waals surface area contributed by atoms with Crippen molar-refractivity contribution >= 4 is 15.9 Å². The summed E-state index contributed by atoms with van der Waals surface area (Å²) in [6.45, 7) is 1.30. The first-order valence-electron chi connectivity index (χ1n) is 8.60. The molecule has 3 rings (SSSR count). The van der Waals surface area contributed by atoms with E-state index < -0.39 is 39.3 Å². The van der Waals surface area contributed by atoms with Crippen LogP contribution in [0.15, 0.2) is 24.3 Å². The summed E-state index contributed by atoms with van der Waals surface area (Å²) in [5.74, 6) is -1.75. The average Bonchev–Trinajstić information content (AvgIpc) is 3.14. The Balaban J connectivity index is 1.89. The molecule has 2 heterocycles. The van der Waals surface area contributed by atoms with Crippen molar-refractivity contribution in [3.05, 3.63) is 41.5 Å². The summed E-state index contributed by atoms with van der Waals surface area (Å²) < 4.78 is 79.5. The van der Waals surface area contributed by atoms with Gasteiger partial charge < -0.3 is 4.90 Å². The van der Waals surface area contributed by atoms with Crippen LogP contribution in [0.4, 0.5) is 17.6 Å². The Morgan fingerprint density at radius 3 is 2.21 bits per heavy atom. The number of hydrogen-bond acceptors (Lipinski definition) is 5. The second-order valence-corrected chi connectivity index (χ2v) is 8.52. The van der Waals surface area contributed by atoms with Crippen LogP contribution < -0.4 is 0 Å². The molecule has 2 aromatic rings. The molecule has 1 fully saturated rings. The van der Waals surface area contributed by atoms with Crippen LogP contribution in [0.3, 0.4) is 0 Å². The van der Waals surface area contributed by atoms with E-state index in [4.69, 9.17) is 0 Å². The molecule has 0 spiro atoms. The van der Waals surface area contributed by atoms with Gasteiger partial charge in [-0.3, -0.25) is 4.79 Å². The van der Waals surface area contributed by atoms with E-state index in [1.807, 2.05) is 0 Å². The summed E-state index contributed by atoms with van der Waals surface area (Å²) in [6.07, 6.45) is -4.95. The van der Waals surface area contributed by atoms with Crippen molar-refractivity contribution in [1.82, 2.24) is 24.2 Å². The predicted molar refractivity (Wildman–Crippen MR) is 93.3 cm³/mol. The highest BCUT2D eigenvalue weighted by Gasteiger charge is 2.43. The molecule has 1 aliphatic rings. The Morgan fingerprint density at radius 1 is 1.10 bits per heavy atom. The van der Waals surface area contributed by atoms with Crippen LogP contribution in [-0.2, 0) is 16.2 Å². The summed E-state index contributed by atoms with van der Waals surface area (Å²) >= 11 is 0. The third-order valence-electron chi connectivity index (χ3n) is 4.50. The van der Waals surface area contributed by atoms with E-state index in [1.165, 1.54) is 11.2 Å². The zero-order valence-electron chi connectivity index (χ0n) is 15.2. The molecule has 0 radical (unpaired) electrons. The number of sulfonamides is 1. The number of piperazine rings is 1. The monoisotopic (exact) mass is 435 g/mol. The van der Waals surface area contributed by atoms with E-state index >= 15 is 0 Å². The molecule has 1 aromatic heterocycles. The molecule has 1 amide bonds. The number of aromatic nitrogens is 3. The van der Waals surface area contributed by atoms with Gasteiger partial charge in [0, 0.05) is 26.2 Å². The highest BCUT2D eigenvalue weighted by atomic mass is 32.2. The quantitative estimate of drug-likeness (QED) is 0.680. The van der Waals surface area contributed by atoms with Crippen LogP contribution in [0.1, 0.15) is 23.1 Å². The Kier molecular flexibility index (Phi) is 5.63. The van der Waals surface area contributed by atoms with Crippen LogP contribution in [0.25, 0.3) is 5.69 Å². The molecule has 1 aliphatic heterocycles. The van der Waals surface area contributed by atoms with Crippen molar-refractivity contribution in [1.29, 1.82) is 0 Å². The lowest BCUT2D eigenvalue weighted by Gasteiger charge is -2.33. The molecule has 29 heavy (non-hydrogen) atoms. The minimum absolute atomic E-state index is 0.0185. The third kappa shape index (κ3) is 4.24. The number of alkyl halides is 3. The van der Waals surface area contributed by atoms with Crippen molar-refractivity contribution < 1.29 is 30.8 Å². The summed E-state index contributed by atoms with van der Waals surface area (Å²) in [5, 5.41) is 6.85. The van der Waals surface area contributed by atoms with Crippen molar-refractivity contribution in [2.75, 3.05) is 31.9 Å². The van der Waals surface area contributed by atoms with Gasteiger partial charge in [0.1, 0.15) is 5.82 Å². The van der Waals surface area contributed by atoms with E-state index in [9.17, 15) is 30.8 Å². The Labute approximate surface area is 163 Å². The van der Waals surface area contributed by atoms with E-state index in [-0.39, 0.29) is 37.6 Å². The number of halogens is 4. The Hall–Kier alpha value is -2.54. The van der Waals surface area contributed by atoms with Gasteiger partial charge in [0.25, 0.3) is 5.91 Å². The second-order valence-electron chi connectivity index (χ2n) is 6.26. The van der Waals surface area contributed by atoms with E-state index in [1.54, 1.807) is 0 Å². The lowest BCUT2D eigenvalue weighted by atomic mass is 10.2. The van der Waals surface area contributed by atoms with E-state index in [0.717, 1.165) is 29.2 Å². The number of carbonyl (C=O) groups is 1. The lowest BCUT2D eigenvalue weighted by Crippen LogP contribution is -2.51. The molecular weight excluding hydrogens is 418 g/mol. The summed E-state index contributed by atoms with van der Waals surface area (Å²) in [4.78, 5) is 13.8. The van der Waals surface area contributed by atoms with Crippen molar-refractivity contribution in [3.63, 3.8) is 0 Å². The Morgan fingerprint density at radius 2 is 1.69 bits per heavy atom. The van der Waals surface area contributed by atoms with Gasteiger partial charge in [0.2, 0.25) is 10.0 Å². The zero-order chi connectivity index (χ0) is 21.4. The number of rotatable bonds is 4. The molecule has 0 aliphatic carbocycles. The van der Waals surface area contributed by atoms with Gasteiger partial charge in [-0.1, -0.05) is 5.21 Å². The lowest BCUT2D eigenvalue weighted by molar-refractivity contribution is -0.143. The maximum Gasteiger partial charge on any atom is 0.435 e. The van der Waals surface area contributed by atoms with Gasteiger partial charge in [-0.25, -0.2) is 17.5 Å². The number of benzene rings is 1. The molecule has 0 atom stereocenters. The van der Waals surface area contributed by atoms with Gasteiger partial charge >= 0.3 is 6.18 Å². The molecule has 8 nitrogen and oxygen atoms in total. The molecule has 158 valence electrons. The Bertz CT molecular complexity index is 997. The normalized spacial score (nSPS) is 16.2.